The van der Waals surface area contributed by atoms with E-state index in [-0.39, 0.29) is 17.7 Å². The third-order valence-electron chi connectivity index (χ3n) is 2.75. The van der Waals surface area contributed by atoms with Crippen LogP contribution in [-0.4, -0.2) is 24.1 Å². The number of carbonyl (C=O) groups excluding carboxylic acids is 2. The molecule has 0 aliphatic heterocycles. The molecular formula is C14H18O3S. The Hall–Kier alpha value is -1.29. The van der Waals surface area contributed by atoms with Gasteiger partial charge in [-0.05, 0) is 12.1 Å². The van der Waals surface area contributed by atoms with Crippen LogP contribution >= 0.6 is 11.8 Å². The number of benzene rings is 1. The van der Waals surface area contributed by atoms with E-state index in [9.17, 15) is 9.59 Å². The van der Waals surface area contributed by atoms with Gasteiger partial charge in [-0.15, -0.1) is 11.8 Å². The zero-order valence-corrected chi connectivity index (χ0v) is 11.7. The molecule has 18 heavy (non-hydrogen) atoms. The van der Waals surface area contributed by atoms with Crippen LogP contribution in [0.5, 0.6) is 0 Å². The number of ether oxygens (including phenoxy) is 1. The van der Waals surface area contributed by atoms with E-state index in [1.807, 2.05) is 30.3 Å². The molecule has 0 radical (unpaired) electrons. The minimum absolute atomic E-state index is 0.0776. The first-order valence-electron chi connectivity index (χ1n) is 5.92. The van der Waals surface area contributed by atoms with Gasteiger partial charge in [-0.1, -0.05) is 32.0 Å². The van der Waals surface area contributed by atoms with Crippen LogP contribution in [0.25, 0.3) is 0 Å². The van der Waals surface area contributed by atoms with Crippen molar-refractivity contribution in [2.24, 2.45) is 5.92 Å². The molecule has 0 saturated carbocycles. The highest BCUT2D eigenvalue weighted by Crippen LogP contribution is 2.29. The molecule has 0 fully saturated rings. The molecule has 1 rings (SSSR count). The summed E-state index contributed by atoms with van der Waals surface area (Å²) in [5, 5.41) is -0.482. The molecule has 0 aromatic heterocycles. The molecule has 98 valence electrons. The summed E-state index contributed by atoms with van der Waals surface area (Å²) in [7, 11) is 1.35. The van der Waals surface area contributed by atoms with Crippen LogP contribution in [0.2, 0.25) is 0 Å². The number of methoxy groups -OCH3 is 1. The summed E-state index contributed by atoms with van der Waals surface area (Å²) < 4.78 is 4.79. The lowest BCUT2D eigenvalue weighted by atomic mass is 10.0. The standard InChI is InChI=1S/C14H18O3S/c1-4-12(15)10(2)13(14(16)17-3)18-11-8-6-5-7-9-11/h5-10,13H,4H2,1-3H3. The van der Waals surface area contributed by atoms with E-state index >= 15 is 0 Å². The molecule has 0 heterocycles. The fourth-order valence-electron chi connectivity index (χ4n) is 1.61. The molecule has 0 aliphatic rings. The maximum Gasteiger partial charge on any atom is 0.319 e. The average Bonchev–Trinajstić information content (AvgIpc) is 2.43. The van der Waals surface area contributed by atoms with Crippen LogP contribution in [0.15, 0.2) is 35.2 Å². The van der Waals surface area contributed by atoms with E-state index in [1.54, 1.807) is 13.8 Å². The number of thioether (sulfide) groups is 1. The number of Topliss-reactive ketones (excluding diaryl/α,β-unsaturated/α-hetero) is 1. The van der Waals surface area contributed by atoms with Gasteiger partial charge in [0, 0.05) is 17.2 Å². The van der Waals surface area contributed by atoms with Crippen LogP contribution in [0, 0.1) is 5.92 Å². The van der Waals surface area contributed by atoms with Crippen molar-refractivity contribution < 1.29 is 14.3 Å². The van der Waals surface area contributed by atoms with Crippen molar-refractivity contribution in [3.63, 3.8) is 0 Å². The van der Waals surface area contributed by atoms with Crippen molar-refractivity contribution in [3.8, 4) is 0 Å². The lowest BCUT2D eigenvalue weighted by Gasteiger charge is -2.19. The number of hydrogen-bond acceptors (Lipinski definition) is 4. The fraction of sp³-hybridized carbons (Fsp3) is 0.429. The number of rotatable bonds is 6. The highest BCUT2D eigenvalue weighted by molar-refractivity contribution is 8.00. The molecule has 1 aromatic rings. The van der Waals surface area contributed by atoms with Crippen LogP contribution in [0.4, 0.5) is 0 Å². The Morgan fingerprint density at radius 1 is 1.28 bits per heavy atom. The van der Waals surface area contributed by atoms with Gasteiger partial charge in [0.1, 0.15) is 11.0 Å². The van der Waals surface area contributed by atoms with Crippen molar-refractivity contribution in [3.05, 3.63) is 30.3 Å². The molecule has 2 atom stereocenters. The van der Waals surface area contributed by atoms with Gasteiger partial charge in [-0.25, -0.2) is 0 Å². The summed E-state index contributed by atoms with van der Waals surface area (Å²) in [5.41, 5.74) is 0. The van der Waals surface area contributed by atoms with Crippen molar-refractivity contribution in [2.45, 2.75) is 30.4 Å². The van der Waals surface area contributed by atoms with Gasteiger partial charge >= 0.3 is 5.97 Å². The summed E-state index contributed by atoms with van der Waals surface area (Å²) in [5.74, 6) is -0.611. The average molecular weight is 266 g/mol. The molecule has 0 amide bonds. The Kier molecular flexibility index (Phi) is 5.92. The second-order valence-corrected chi connectivity index (χ2v) is 5.20. The minimum atomic E-state index is -0.482. The Balaban J connectivity index is 2.86. The zero-order valence-electron chi connectivity index (χ0n) is 10.9. The lowest BCUT2D eigenvalue weighted by molar-refractivity contribution is -0.142. The fourth-order valence-corrected chi connectivity index (χ4v) is 2.76. The molecule has 0 saturated heterocycles. The van der Waals surface area contributed by atoms with E-state index in [0.717, 1.165) is 4.90 Å². The third kappa shape index (κ3) is 3.88. The van der Waals surface area contributed by atoms with E-state index in [2.05, 4.69) is 0 Å². The molecule has 0 aliphatic carbocycles. The van der Waals surface area contributed by atoms with Crippen molar-refractivity contribution in [1.29, 1.82) is 0 Å². The van der Waals surface area contributed by atoms with Gasteiger partial charge in [-0.2, -0.15) is 0 Å². The smallest absolute Gasteiger partial charge is 0.319 e. The molecule has 0 bridgehead atoms. The summed E-state index contributed by atoms with van der Waals surface area (Å²) in [4.78, 5) is 24.5. The van der Waals surface area contributed by atoms with Gasteiger partial charge in [0.15, 0.2) is 0 Å². The summed E-state index contributed by atoms with van der Waals surface area (Å²) in [6, 6.07) is 9.57. The van der Waals surface area contributed by atoms with Crippen molar-refractivity contribution in [1.82, 2.24) is 0 Å². The molecule has 0 spiro atoms. The predicted octanol–water partition coefficient (Wildman–Crippen LogP) is 2.94. The molecule has 1 aromatic carbocycles. The first-order valence-corrected chi connectivity index (χ1v) is 6.80. The monoisotopic (exact) mass is 266 g/mol. The highest BCUT2D eigenvalue weighted by atomic mass is 32.2. The minimum Gasteiger partial charge on any atom is -0.468 e. The predicted molar refractivity (Wildman–Crippen MR) is 72.6 cm³/mol. The van der Waals surface area contributed by atoms with Gasteiger partial charge in [0.25, 0.3) is 0 Å². The first-order chi connectivity index (χ1) is 8.60. The number of hydrogen-bond donors (Lipinski definition) is 0. The molecule has 0 N–H and O–H groups in total. The van der Waals surface area contributed by atoms with Gasteiger partial charge in [0.2, 0.25) is 0 Å². The molecule has 2 unspecified atom stereocenters. The molecular weight excluding hydrogens is 248 g/mol. The molecule has 4 heteroatoms. The second kappa shape index (κ2) is 7.21. The number of carbonyl (C=O) groups is 2. The highest BCUT2D eigenvalue weighted by Gasteiger charge is 2.30. The number of esters is 1. The van der Waals surface area contributed by atoms with Gasteiger partial charge in [0.05, 0.1) is 7.11 Å². The topological polar surface area (TPSA) is 43.4 Å². The summed E-state index contributed by atoms with van der Waals surface area (Å²) in [6.45, 7) is 3.59. The lowest BCUT2D eigenvalue weighted by Crippen LogP contribution is -2.31. The zero-order chi connectivity index (χ0) is 13.5. The number of ketones is 1. The maximum atomic E-state index is 11.8. The maximum absolute atomic E-state index is 11.8. The third-order valence-corrected chi connectivity index (χ3v) is 4.15. The van der Waals surface area contributed by atoms with Crippen LogP contribution in [-0.2, 0) is 14.3 Å². The van der Waals surface area contributed by atoms with Crippen molar-refractivity contribution in [2.75, 3.05) is 7.11 Å². The SMILES string of the molecule is CCC(=O)C(C)C(Sc1ccccc1)C(=O)OC. The largest absolute Gasteiger partial charge is 0.468 e. The van der Waals surface area contributed by atoms with Crippen LogP contribution in [0.1, 0.15) is 20.3 Å². The van der Waals surface area contributed by atoms with E-state index in [1.165, 1.54) is 18.9 Å². The summed E-state index contributed by atoms with van der Waals surface area (Å²) in [6.07, 6.45) is 0.435. The quantitative estimate of drug-likeness (QED) is 0.586. The first kappa shape index (κ1) is 14.8. The van der Waals surface area contributed by atoms with Crippen LogP contribution in [0.3, 0.4) is 0 Å². The van der Waals surface area contributed by atoms with Gasteiger partial charge < -0.3 is 4.74 Å². The second-order valence-electron chi connectivity index (χ2n) is 3.98. The van der Waals surface area contributed by atoms with Gasteiger partial charge in [-0.3, -0.25) is 9.59 Å². The Morgan fingerprint density at radius 3 is 2.39 bits per heavy atom. The van der Waals surface area contributed by atoms with E-state index < -0.39 is 5.25 Å². The Morgan fingerprint density at radius 2 is 1.89 bits per heavy atom. The Bertz CT molecular complexity index is 403. The van der Waals surface area contributed by atoms with Crippen molar-refractivity contribution >= 4 is 23.5 Å². The van der Waals surface area contributed by atoms with E-state index in [0.29, 0.717) is 6.42 Å². The van der Waals surface area contributed by atoms with Crippen LogP contribution < -0.4 is 0 Å². The van der Waals surface area contributed by atoms with E-state index in [4.69, 9.17) is 4.74 Å². The molecule has 3 nitrogen and oxygen atoms in total. The summed E-state index contributed by atoms with van der Waals surface area (Å²) >= 11 is 1.38. The normalized spacial score (nSPS) is 13.7. The Labute approximate surface area is 112 Å².